The fourth-order valence-corrected chi connectivity index (χ4v) is 4.43. The van der Waals surface area contributed by atoms with Crippen molar-refractivity contribution in [1.82, 2.24) is 0 Å². The Morgan fingerprint density at radius 1 is 1.19 bits per heavy atom. The monoisotopic (exact) mass is 392 g/mol. The van der Waals surface area contributed by atoms with Gasteiger partial charge in [-0.05, 0) is 35.6 Å². The topological polar surface area (TPSA) is 69.7 Å². The molecule has 1 saturated carbocycles. The lowest BCUT2D eigenvalue weighted by molar-refractivity contribution is -0.141. The molecule has 0 saturated heterocycles. The zero-order chi connectivity index (χ0) is 19.5. The number of carbonyl (C=O) groups excluding carboxylic acids is 1. The summed E-state index contributed by atoms with van der Waals surface area (Å²) in [6.07, 6.45) is 0.668. The molecule has 0 aromatic heterocycles. The molecule has 0 N–H and O–H groups in total. The van der Waals surface area contributed by atoms with Crippen LogP contribution in [0.4, 0.5) is 4.39 Å². The van der Waals surface area contributed by atoms with Gasteiger partial charge in [0.15, 0.2) is 0 Å². The van der Waals surface area contributed by atoms with E-state index in [1.165, 1.54) is 19.2 Å². The van der Waals surface area contributed by atoms with E-state index in [4.69, 9.17) is 8.92 Å². The average molecular weight is 392 g/mol. The summed E-state index contributed by atoms with van der Waals surface area (Å²) >= 11 is 0. The predicted molar refractivity (Wildman–Crippen MR) is 97.8 cm³/mol. The van der Waals surface area contributed by atoms with E-state index in [1.54, 1.807) is 42.5 Å². The predicted octanol–water partition coefficient (Wildman–Crippen LogP) is 3.19. The molecule has 0 heterocycles. The second-order valence-electron chi connectivity index (χ2n) is 6.80. The van der Waals surface area contributed by atoms with Gasteiger partial charge in [0.25, 0.3) is 10.1 Å². The van der Waals surface area contributed by atoms with Crippen LogP contribution in [0.2, 0.25) is 0 Å². The lowest BCUT2D eigenvalue weighted by atomic mass is 9.93. The zero-order valence-electron chi connectivity index (χ0n) is 14.9. The highest BCUT2D eigenvalue weighted by Gasteiger charge is 2.56. The van der Waals surface area contributed by atoms with E-state index < -0.39 is 21.4 Å². The summed E-state index contributed by atoms with van der Waals surface area (Å²) in [5, 5.41) is 0. The number of rotatable bonds is 8. The Balaban J connectivity index is 1.76. The fourth-order valence-electron chi connectivity index (χ4n) is 3.36. The minimum atomic E-state index is -3.81. The number of halogens is 1. The van der Waals surface area contributed by atoms with E-state index in [2.05, 4.69) is 0 Å². The fraction of sp³-hybridized carbons (Fsp3) is 0.350. The number of esters is 1. The second kappa shape index (κ2) is 7.78. The van der Waals surface area contributed by atoms with Crippen LogP contribution >= 0.6 is 0 Å². The summed E-state index contributed by atoms with van der Waals surface area (Å²) in [5.74, 6) is -1.19. The van der Waals surface area contributed by atoms with Crippen LogP contribution in [0.1, 0.15) is 24.0 Å². The largest absolute Gasteiger partial charge is 0.469 e. The van der Waals surface area contributed by atoms with Gasteiger partial charge in [-0.2, -0.15) is 8.42 Å². The summed E-state index contributed by atoms with van der Waals surface area (Å²) in [7, 11) is -2.51. The number of hydrogen-bond acceptors (Lipinski definition) is 5. The van der Waals surface area contributed by atoms with Crippen molar-refractivity contribution in [2.75, 3.05) is 13.7 Å². The van der Waals surface area contributed by atoms with Crippen molar-refractivity contribution >= 4 is 16.1 Å². The maximum atomic E-state index is 13.7. The average Bonchev–Trinajstić information content (AvgIpc) is 3.34. The summed E-state index contributed by atoms with van der Waals surface area (Å²) in [6.45, 7) is -0.132. The van der Waals surface area contributed by atoms with Crippen molar-refractivity contribution in [1.29, 1.82) is 0 Å². The van der Waals surface area contributed by atoms with Gasteiger partial charge in [0.2, 0.25) is 0 Å². The quantitative estimate of drug-likeness (QED) is 0.510. The molecule has 2 atom stereocenters. The first kappa shape index (κ1) is 19.5. The van der Waals surface area contributed by atoms with Crippen LogP contribution in [0, 0.1) is 11.7 Å². The van der Waals surface area contributed by atoms with Gasteiger partial charge in [-0.3, -0.25) is 8.98 Å². The third-order valence-corrected chi connectivity index (χ3v) is 6.12. The Labute approximate surface area is 158 Å². The zero-order valence-corrected chi connectivity index (χ0v) is 15.7. The minimum absolute atomic E-state index is 0.132. The second-order valence-corrected chi connectivity index (χ2v) is 8.44. The van der Waals surface area contributed by atoms with Crippen LogP contribution in [0.3, 0.4) is 0 Å². The van der Waals surface area contributed by atoms with Gasteiger partial charge >= 0.3 is 5.97 Å². The molecule has 144 valence electrons. The lowest BCUT2D eigenvalue weighted by Gasteiger charge is -2.18. The first-order valence-electron chi connectivity index (χ1n) is 8.58. The maximum absolute atomic E-state index is 13.7. The van der Waals surface area contributed by atoms with Crippen molar-refractivity contribution in [3.63, 3.8) is 0 Å². The Morgan fingerprint density at radius 2 is 1.93 bits per heavy atom. The molecule has 3 rings (SSSR count). The van der Waals surface area contributed by atoms with E-state index in [1.807, 2.05) is 0 Å². The van der Waals surface area contributed by atoms with E-state index in [9.17, 15) is 17.6 Å². The van der Waals surface area contributed by atoms with Gasteiger partial charge in [-0.15, -0.1) is 0 Å². The molecule has 2 aromatic carbocycles. The maximum Gasteiger partial charge on any atom is 0.305 e. The number of carbonyl (C=O) groups is 1. The van der Waals surface area contributed by atoms with Crippen LogP contribution in [-0.2, 0) is 35.0 Å². The Hall–Kier alpha value is -2.25. The molecule has 5 nitrogen and oxygen atoms in total. The third kappa shape index (κ3) is 4.73. The van der Waals surface area contributed by atoms with Gasteiger partial charge < -0.3 is 4.74 Å². The lowest BCUT2D eigenvalue weighted by Crippen LogP contribution is -2.23. The van der Waals surface area contributed by atoms with Crippen molar-refractivity contribution in [3.8, 4) is 0 Å². The summed E-state index contributed by atoms with van der Waals surface area (Å²) in [6, 6.07) is 14.7. The van der Waals surface area contributed by atoms with Crippen molar-refractivity contribution in [2.45, 2.75) is 24.0 Å². The number of hydrogen-bond donors (Lipinski definition) is 0. The van der Waals surface area contributed by atoms with E-state index in [-0.39, 0.29) is 30.7 Å². The summed E-state index contributed by atoms with van der Waals surface area (Å²) in [4.78, 5) is 11.6. The third-order valence-electron chi connectivity index (χ3n) is 4.95. The Bertz CT molecular complexity index is 913. The molecule has 0 amide bonds. The minimum Gasteiger partial charge on any atom is -0.469 e. The van der Waals surface area contributed by atoms with Crippen molar-refractivity contribution in [3.05, 3.63) is 71.5 Å². The highest BCUT2D eigenvalue weighted by atomic mass is 32.2. The van der Waals surface area contributed by atoms with E-state index >= 15 is 0 Å². The molecule has 1 fully saturated rings. The van der Waals surface area contributed by atoms with Gasteiger partial charge in [0.05, 0.1) is 13.7 Å². The smallest absolute Gasteiger partial charge is 0.305 e. The number of benzene rings is 2. The highest BCUT2D eigenvalue weighted by Crippen LogP contribution is 2.56. The molecular formula is C20H21FO5S. The van der Waals surface area contributed by atoms with Gasteiger partial charge in [0.1, 0.15) is 11.6 Å². The number of ether oxygens (including phenoxy) is 1. The Morgan fingerprint density at radius 3 is 2.59 bits per heavy atom. The first-order chi connectivity index (χ1) is 12.8. The molecule has 2 aromatic rings. The summed E-state index contributed by atoms with van der Waals surface area (Å²) < 4.78 is 48.4. The van der Waals surface area contributed by atoms with Crippen LogP contribution in [0.5, 0.6) is 0 Å². The molecule has 0 aliphatic heterocycles. The Kier molecular flexibility index (Phi) is 5.62. The standard InChI is InChI=1S/C20H21FO5S/c1-25-19(22)11-17-12-20(17,16-8-5-9-18(21)10-16)14-26-27(23,24)13-15-6-3-2-4-7-15/h2-10,17H,11-14H2,1H3/t17-,20+/m0/s1. The van der Waals surface area contributed by atoms with Crippen LogP contribution < -0.4 is 0 Å². The number of methoxy groups -OCH3 is 1. The van der Waals surface area contributed by atoms with E-state index in [0.29, 0.717) is 17.5 Å². The van der Waals surface area contributed by atoms with Crippen molar-refractivity contribution < 1.29 is 26.5 Å². The molecule has 0 unspecified atom stereocenters. The highest BCUT2D eigenvalue weighted by molar-refractivity contribution is 7.85. The van der Waals surface area contributed by atoms with Crippen molar-refractivity contribution in [2.24, 2.45) is 5.92 Å². The molecule has 27 heavy (non-hydrogen) atoms. The molecular weight excluding hydrogens is 371 g/mol. The molecule has 7 heteroatoms. The molecule has 0 spiro atoms. The van der Waals surface area contributed by atoms with Gasteiger partial charge in [-0.25, -0.2) is 4.39 Å². The van der Waals surface area contributed by atoms with Crippen LogP contribution in [0.15, 0.2) is 54.6 Å². The van der Waals surface area contributed by atoms with Gasteiger partial charge in [0, 0.05) is 11.8 Å². The molecule has 0 radical (unpaired) electrons. The van der Waals surface area contributed by atoms with E-state index in [0.717, 1.165) is 0 Å². The SMILES string of the molecule is COC(=O)C[C@H]1C[C@@]1(COS(=O)(=O)Cc1ccccc1)c1cccc(F)c1. The van der Waals surface area contributed by atoms with Gasteiger partial charge in [-0.1, -0.05) is 42.5 Å². The molecule has 1 aliphatic carbocycles. The normalized spacial score (nSPS) is 21.6. The summed E-state index contributed by atoms with van der Waals surface area (Å²) in [5.41, 5.74) is 0.547. The van der Waals surface area contributed by atoms with Crippen LogP contribution in [0.25, 0.3) is 0 Å². The van der Waals surface area contributed by atoms with Crippen LogP contribution in [-0.4, -0.2) is 28.1 Å². The molecule has 0 bridgehead atoms. The first-order valence-corrected chi connectivity index (χ1v) is 10.2. The molecule has 1 aliphatic rings.